The van der Waals surface area contributed by atoms with Crippen molar-refractivity contribution in [3.8, 4) is 0 Å². The molecule has 0 radical (unpaired) electrons. The van der Waals surface area contributed by atoms with E-state index in [1.165, 1.54) is 4.90 Å². The van der Waals surface area contributed by atoms with Gasteiger partial charge in [-0.25, -0.2) is 4.79 Å². The van der Waals surface area contributed by atoms with Crippen LogP contribution in [0.25, 0.3) is 0 Å². The molecule has 0 aliphatic carbocycles. The first kappa shape index (κ1) is 16.8. The van der Waals surface area contributed by atoms with E-state index in [0.717, 1.165) is 0 Å². The molecule has 0 aromatic heterocycles. The van der Waals surface area contributed by atoms with Crippen LogP contribution in [0.3, 0.4) is 0 Å². The van der Waals surface area contributed by atoms with Crippen LogP contribution in [-0.2, 0) is 9.53 Å². The average Bonchev–Trinajstić information content (AvgIpc) is 2.72. The molecule has 1 amide bonds. The van der Waals surface area contributed by atoms with Crippen LogP contribution in [0, 0.1) is 5.41 Å². The van der Waals surface area contributed by atoms with Gasteiger partial charge < -0.3 is 19.8 Å². The van der Waals surface area contributed by atoms with Crippen LogP contribution < -0.4 is 0 Å². The first-order valence-electron chi connectivity index (χ1n) is 6.99. The van der Waals surface area contributed by atoms with E-state index in [0.29, 0.717) is 19.4 Å². The summed E-state index contributed by atoms with van der Waals surface area (Å²) in [6.45, 7) is 7.55. The number of aliphatic hydroxyl groups is 1. The van der Waals surface area contributed by atoms with Gasteiger partial charge in [0, 0.05) is 13.1 Å². The number of hydrogen-bond acceptors (Lipinski definition) is 4. The third-order valence-electron chi connectivity index (χ3n) is 3.56. The molecule has 6 heteroatoms. The quantitative estimate of drug-likeness (QED) is 0.824. The molecule has 0 saturated carbocycles. The summed E-state index contributed by atoms with van der Waals surface area (Å²) in [5.41, 5.74) is -1.67. The number of aliphatic hydroxyl groups excluding tert-OH is 1. The van der Waals surface area contributed by atoms with E-state index in [4.69, 9.17) is 4.74 Å². The van der Waals surface area contributed by atoms with E-state index in [1.807, 2.05) is 0 Å². The fourth-order valence-corrected chi connectivity index (χ4v) is 2.38. The van der Waals surface area contributed by atoms with E-state index in [9.17, 15) is 19.8 Å². The highest BCUT2D eigenvalue weighted by Gasteiger charge is 2.47. The molecule has 20 heavy (non-hydrogen) atoms. The van der Waals surface area contributed by atoms with Gasteiger partial charge in [-0.1, -0.05) is 6.92 Å². The number of rotatable bonds is 4. The van der Waals surface area contributed by atoms with Gasteiger partial charge in [-0.05, 0) is 40.0 Å². The molecule has 116 valence electrons. The van der Waals surface area contributed by atoms with Crippen LogP contribution in [0.1, 0.15) is 47.0 Å². The second-order valence-corrected chi connectivity index (χ2v) is 6.50. The van der Waals surface area contributed by atoms with Crippen LogP contribution in [-0.4, -0.2) is 52.0 Å². The summed E-state index contributed by atoms with van der Waals surface area (Å²) in [4.78, 5) is 24.9. The zero-order valence-electron chi connectivity index (χ0n) is 12.7. The van der Waals surface area contributed by atoms with Crippen LogP contribution in [0.5, 0.6) is 0 Å². The monoisotopic (exact) mass is 287 g/mol. The summed E-state index contributed by atoms with van der Waals surface area (Å²) >= 11 is 0. The number of carbonyl (C=O) groups excluding carboxylic acids is 1. The summed E-state index contributed by atoms with van der Waals surface area (Å²) < 4.78 is 5.26. The van der Waals surface area contributed by atoms with Crippen molar-refractivity contribution in [2.24, 2.45) is 5.41 Å². The maximum Gasteiger partial charge on any atom is 0.410 e. The minimum Gasteiger partial charge on any atom is -0.481 e. The highest BCUT2D eigenvalue weighted by atomic mass is 16.6. The van der Waals surface area contributed by atoms with E-state index >= 15 is 0 Å². The van der Waals surface area contributed by atoms with Crippen molar-refractivity contribution in [2.45, 2.75) is 58.7 Å². The molecule has 1 saturated heterocycles. The summed E-state index contributed by atoms with van der Waals surface area (Å²) in [6, 6.07) is 0. The van der Waals surface area contributed by atoms with Crippen LogP contribution in [0.15, 0.2) is 0 Å². The third kappa shape index (κ3) is 4.10. The van der Waals surface area contributed by atoms with Gasteiger partial charge in [-0.3, -0.25) is 4.79 Å². The lowest BCUT2D eigenvalue weighted by Gasteiger charge is -2.28. The summed E-state index contributed by atoms with van der Waals surface area (Å²) in [5.74, 6) is -0.962. The van der Waals surface area contributed by atoms with E-state index in [-0.39, 0.29) is 13.0 Å². The zero-order chi connectivity index (χ0) is 15.6. The molecule has 1 rings (SSSR count). The Morgan fingerprint density at radius 2 is 2.00 bits per heavy atom. The van der Waals surface area contributed by atoms with E-state index in [2.05, 4.69) is 0 Å². The number of carboxylic acids is 1. The van der Waals surface area contributed by atoms with Crippen molar-refractivity contribution in [3.63, 3.8) is 0 Å². The Hall–Kier alpha value is -1.30. The van der Waals surface area contributed by atoms with Gasteiger partial charge in [-0.15, -0.1) is 0 Å². The highest BCUT2D eigenvalue weighted by Crippen LogP contribution is 2.36. The fraction of sp³-hybridized carbons (Fsp3) is 0.857. The smallest absolute Gasteiger partial charge is 0.410 e. The highest BCUT2D eigenvalue weighted by molar-refractivity contribution is 5.78. The lowest BCUT2D eigenvalue weighted by molar-refractivity contribution is -0.150. The molecule has 1 fully saturated rings. The lowest BCUT2D eigenvalue weighted by atomic mass is 9.81. The van der Waals surface area contributed by atoms with Crippen molar-refractivity contribution in [1.29, 1.82) is 0 Å². The Bertz CT molecular complexity index is 376. The number of nitrogens with zero attached hydrogens (tertiary/aromatic N) is 1. The van der Waals surface area contributed by atoms with Gasteiger partial charge in [0.25, 0.3) is 0 Å². The van der Waals surface area contributed by atoms with Crippen molar-refractivity contribution in [3.05, 3.63) is 0 Å². The zero-order valence-corrected chi connectivity index (χ0v) is 12.7. The van der Waals surface area contributed by atoms with Gasteiger partial charge in [0.05, 0.1) is 11.5 Å². The fourth-order valence-electron chi connectivity index (χ4n) is 2.38. The van der Waals surface area contributed by atoms with Crippen LogP contribution in [0.2, 0.25) is 0 Å². The lowest BCUT2D eigenvalue weighted by Crippen LogP contribution is -2.41. The molecular formula is C14H25NO5. The van der Waals surface area contributed by atoms with Crippen molar-refractivity contribution in [2.75, 3.05) is 13.1 Å². The maximum absolute atomic E-state index is 12.0. The van der Waals surface area contributed by atoms with Crippen molar-refractivity contribution in [1.82, 2.24) is 4.90 Å². The molecule has 2 atom stereocenters. The normalized spacial score (nSPS) is 24.6. The molecule has 1 aliphatic rings. The predicted octanol–water partition coefficient (Wildman–Crippen LogP) is 1.86. The SMILES string of the molecule is CCC(O)CC1(C(=O)O)CCN(C(=O)OC(C)(C)C)C1. The van der Waals surface area contributed by atoms with Gasteiger partial charge >= 0.3 is 12.1 Å². The topological polar surface area (TPSA) is 87.1 Å². The Morgan fingerprint density at radius 3 is 2.45 bits per heavy atom. The van der Waals surface area contributed by atoms with E-state index in [1.54, 1.807) is 27.7 Å². The van der Waals surface area contributed by atoms with Gasteiger partial charge in [0.2, 0.25) is 0 Å². The number of carbonyl (C=O) groups is 2. The number of hydrogen-bond donors (Lipinski definition) is 2. The predicted molar refractivity (Wildman–Crippen MR) is 73.4 cm³/mol. The number of likely N-dealkylation sites (tertiary alicyclic amines) is 1. The largest absolute Gasteiger partial charge is 0.481 e. The van der Waals surface area contributed by atoms with Crippen LogP contribution in [0.4, 0.5) is 4.79 Å². The molecule has 2 N–H and O–H groups in total. The average molecular weight is 287 g/mol. The van der Waals surface area contributed by atoms with E-state index < -0.39 is 29.2 Å². The number of ether oxygens (including phenoxy) is 1. The minimum absolute atomic E-state index is 0.0916. The van der Waals surface area contributed by atoms with Gasteiger partial charge in [0.1, 0.15) is 5.60 Å². The number of aliphatic carboxylic acids is 1. The standard InChI is InChI=1S/C14H25NO5/c1-5-10(16)8-14(11(17)18)6-7-15(9-14)12(19)20-13(2,3)4/h10,16H,5-9H2,1-4H3,(H,17,18). The first-order chi connectivity index (χ1) is 9.09. The molecule has 0 aromatic rings. The number of amides is 1. The Balaban J connectivity index is 2.75. The summed E-state index contributed by atoms with van der Waals surface area (Å²) in [6.07, 6.45) is -0.144. The molecule has 2 unspecified atom stereocenters. The maximum atomic E-state index is 12.0. The molecule has 0 aromatic carbocycles. The molecule has 1 heterocycles. The molecule has 0 spiro atoms. The third-order valence-corrected chi connectivity index (χ3v) is 3.56. The van der Waals surface area contributed by atoms with Crippen LogP contribution >= 0.6 is 0 Å². The van der Waals surface area contributed by atoms with Gasteiger partial charge in [0.15, 0.2) is 0 Å². The molecule has 0 bridgehead atoms. The minimum atomic E-state index is -1.06. The second-order valence-electron chi connectivity index (χ2n) is 6.50. The Kier molecular flexibility index (Phi) is 5.02. The Labute approximate surface area is 119 Å². The molecular weight excluding hydrogens is 262 g/mol. The van der Waals surface area contributed by atoms with Gasteiger partial charge in [-0.2, -0.15) is 0 Å². The van der Waals surface area contributed by atoms with Crippen molar-refractivity contribution < 1.29 is 24.5 Å². The van der Waals surface area contributed by atoms with Crippen molar-refractivity contribution >= 4 is 12.1 Å². The summed E-state index contributed by atoms with van der Waals surface area (Å²) in [7, 11) is 0. The first-order valence-corrected chi connectivity index (χ1v) is 6.99. The Morgan fingerprint density at radius 1 is 1.40 bits per heavy atom. The molecule has 6 nitrogen and oxygen atoms in total. The number of carboxylic acid groups (broad SMARTS) is 1. The summed E-state index contributed by atoms with van der Waals surface area (Å²) in [5, 5.41) is 19.2. The molecule has 1 aliphatic heterocycles. The second kappa shape index (κ2) is 5.99.